The Labute approximate surface area is 264 Å². The van der Waals surface area contributed by atoms with Crippen LogP contribution in [-0.2, 0) is 19.1 Å². The van der Waals surface area contributed by atoms with Gasteiger partial charge in [0.15, 0.2) is 0 Å². The third-order valence-electron chi connectivity index (χ3n) is 9.82. The quantitative estimate of drug-likeness (QED) is 0.337. The van der Waals surface area contributed by atoms with E-state index in [4.69, 9.17) is 16.3 Å². The van der Waals surface area contributed by atoms with Crippen LogP contribution in [0.5, 0.6) is 0 Å². The van der Waals surface area contributed by atoms with Crippen molar-refractivity contribution in [1.82, 2.24) is 9.80 Å². The zero-order valence-electron chi connectivity index (χ0n) is 25.7. The van der Waals surface area contributed by atoms with E-state index in [1.165, 1.54) is 4.90 Å². The number of aliphatic hydroxyl groups excluding tert-OH is 1. The lowest BCUT2D eigenvalue weighted by atomic mass is 9.62. The fourth-order valence-corrected chi connectivity index (χ4v) is 7.96. The van der Waals surface area contributed by atoms with Crippen molar-refractivity contribution in [3.8, 4) is 0 Å². The van der Waals surface area contributed by atoms with E-state index in [0.717, 1.165) is 6.42 Å². The van der Waals surface area contributed by atoms with E-state index in [1.807, 2.05) is 51.1 Å². The van der Waals surface area contributed by atoms with Gasteiger partial charge in [0.1, 0.15) is 11.6 Å². The minimum Gasteiger partial charge on any atom is -0.394 e. The predicted octanol–water partition coefficient (Wildman–Crippen LogP) is 5.03. The Morgan fingerprint density at radius 2 is 1.77 bits per heavy atom. The molecule has 2 aromatic rings. The van der Waals surface area contributed by atoms with Crippen molar-refractivity contribution in [3.05, 3.63) is 90.5 Å². The molecule has 234 valence electrons. The number of carbonyl (C=O) groups excluding carboxylic acids is 3. The molecule has 7 atom stereocenters. The number of rotatable bonds is 12. The average Bonchev–Trinajstić information content (AvgIpc) is 3.53. The second-order valence-corrected chi connectivity index (χ2v) is 12.8. The zero-order chi connectivity index (χ0) is 31.8. The molecule has 5 rings (SSSR count). The van der Waals surface area contributed by atoms with Gasteiger partial charge in [-0.1, -0.05) is 67.9 Å². The van der Waals surface area contributed by atoms with Crippen LogP contribution in [0.2, 0.25) is 5.02 Å². The summed E-state index contributed by atoms with van der Waals surface area (Å²) in [7, 11) is 0. The first kappa shape index (κ1) is 31.9. The van der Waals surface area contributed by atoms with Crippen molar-refractivity contribution in [2.45, 2.75) is 56.9 Å². The second kappa shape index (κ2) is 12.5. The van der Waals surface area contributed by atoms with Crippen LogP contribution in [0.15, 0.2) is 79.9 Å². The van der Waals surface area contributed by atoms with Crippen LogP contribution in [0.1, 0.15) is 45.2 Å². The highest BCUT2D eigenvalue weighted by Gasteiger charge is 2.80. The Morgan fingerprint density at radius 1 is 1.11 bits per heavy atom. The van der Waals surface area contributed by atoms with Gasteiger partial charge in [0.2, 0.25) is 11.8 Å². The average molecular weight is 620 g/mol. The lowest BCUT2D eigenvalue weighted by molar-refractivity contribution is -0.153. The van der Waals surface area contributed by atoms with E-state index in [9.17, 15) is 19.5 Å². The van der Waals surface area contributed by atoms with Crippen molar-refractivity contribution in [2.75, 3.05) is 31.1 Å². The molecule has 3 aliphatic rings. The first-order valence-electron chi connectivity index (χ1n) is 15.3. The number of ether oxygens (including phenoxy) is 1. The third kappa shape index (κ3) is 4.97. The first-order chi connectivity index (χ1) is 21.1. The molecule has 2 aromatic carbocycles. The van der Waals surface area contributed by atoms with Crippen molar-refractivity contribution >= 4 is 35.0 Å². The van der Waals surface area contributed by atoms with Crippen molar-refractivity contribution in [1.29, 1.82) is 0 Å². The highest BCUT2D eigenvalue weighted by molar-refractivity contribution is 6.30. The van der Waals surface area contributed by atoms with Gasteiger partial charge in [-0.3, -0.25) is 14.4 Å². The molecule has 1 spiro atoms. The summed E-state index contributed by atoms with van der Waals surface area (Å²) in [5.74, 6) is -2.71. The SMILES string of the molecule is C=CCN(CCC)C(=O)[C@H]1[C@H]2C(=O)N([C@H](CO)c3ccccc3)C(C(=O)N(CC=C)c3ccc(Cl)cc3)C23CC(C)[C@]1(C)O3. The number of hydrogen-bond acceptors (Lipinski definition) is 5. The van der Waals surface area contributed by atoms with Crippen molar-refractivity contribution in [2.24, 2.45) is 17.8 Å². The van der Waals surface area contributed by atoms with E-state index in [0.29, 0.717) is 35.8 Å². The van der Waals surface area contributed by atoms with Crippen LogP contribution < -0.4 is 4.90 Å². The van der Waals surface area contributed by atoms with Gasteiger partial charge >= 0.3 is 0 Å². The minimum atomic E-state index is -1.28. The number of nitrogens with zero attached hydrogens (tertiary/aromatic N) is 3. The highest BCUT2D eigenvalue weighted by Crippen LogP contribution is 2.66. The van der Waals surface area contributed by atoms with Gasteiger partial charge in [0.05, 0.1) is 30.1 Å². The standard InChI is InChI=1S/C35H42ClN3O5/c1-6-18-37(19-7-2)31(41)28-29-32(42)39(27(22-40)24-12-10-9-11-13-24)30(35(29)21-23(4)34(28,5)44-35)33(43)38(20-8-3)26-16-14-25(36)15-17-26/h6,8-17,23,27-30,40H,1,3,7,18-22H2,2,4-5H3/t23?,27-,28-,29+,30?,34+,35?/m1/s1. The lowest BCUT2D eigenvalue weighted by Gasteiger charge is -2.39. The molecule has 9 heteroatoms. The number of anilines is 1. The lowest BCUT2D eigenvalue weighted by Crippen LogP contribution is -2.57. The normalized spacial score (nSPS) is 29.3. The van der Waals surface area contributed by atoms with Gasteiger partial charge < -0.3 is 24.5 Å². The van der Waals surface area contributed by atoms with E-state index in [1.54, 1.807) is 46.2 Å². The number of benzene rings is 2. The maximum atomic E-state index is 15.0. The van der Waals surface area contributed by atoms with Crippen LogP contribution in [0.25, 0.3) is 0 Å². The maximum Gasteiger partial charge on any atom is 0.253 e. The van der Waals surface area contributed by atoms with Crippen LogP contribution in [0, 0.1) is 17.8 Å². The predicted molar refractivity (Wildman–Crippen MR) is 171 cm³/mol. The maximum absolute atomic E-state index is 15.0. The van der Waals surface area contributed by atoms with E-state index < -0.39 is 41.7 Å². The molecule has 3 aliphatic heterocycles. The molecule has 0 aromatic heterocycles. The summed E-state index contributed by atoms with van der Waals surface area (Å²) in [6, 6.07) is 14.2. The molecule has 0 saturated carbocycles. The van der Waals surface area contributed by atoms with E-state index in [-0.39, 0.29) is 30.2 Å². The van der Waals surface area contributed by atoms with Gasteiger partial charge in [-0.2, -0.15) is 0 Å². The number of hydrogen-bond donors (Lipinski definition) is 1. The summed E-state index contributed by atoms with van der Waals surface area (Å²) in [5.41, 5.74) is -0.954. The number of amides is 3. The minimum absolute atomic E-state index is 0.115. The van der Waals surface area contributed by atoms with Crippen LogP contribution >= 0.6 is 11.6 Å². The largest absolute Gasteiger partial charge is 0.394 e. The summed E-state index contributed by atoms with van der Waals surface area (Å²) >= 11 is 6.17. The first-order valence-corrected chi connectivity index (χ1v) is 15.7. The van der Waals surface area contributed by atoms with Gasteiger partial charge in [-0.05, 0) is 55.5 Å². The summed E-state index contributed by atoms with van der Waals surface area (Å²) in [6.45, 7) is 14.3. The van der Waals surface area contributed by atoms with Gasteiger partial charge in [-0.25, -0.2) is 0 Å². The molecule has 0 aliphatic carbocycles. The van der Waals surface area contributed by atoms with Crippen LogP contribution in [-0.4, -0.2) is 76.1 Å². The van der Waals surface area contributed by atoms with Crippen LogP contribution in [0.3, 0.4) is 0 Å². The Balaban J connectivity index is 1.69. The second-order valence-electron chi connectivity index (χ2n) is 12.3. The zero-order valence-corrected chi connectivity index (χ0v) is 26.5. The highest BCUT2D eigenvalue weighted by atomic mass is 35.5. The number of carbonyl (C=O) groups is 3. The fraction of sp³-hybridized carbons (Fsp3) is 0.457. The van der Waals surface area contributed by atoms with E-state index >= 15 is 0 Å². The molecular formula is C35H42ClN3O5. The topological polar surface area (TPSA) is 90.4 Å². The number of fused-ring (bicyclic) bond motifs is 1. The Bertz CT molecular complexity index is 1420. The van der Waals surface area contributed by atoms with Crippen LogP contribution in [0.4, 0.5) is 5.69 Å². The molecule has 2 bridgehead atoms. The molecule has 3 fully saturated rings. The van der Waals surface area contributed by atoms with Crippen molar-refractivity contribution < 1.29 is 24.2 Å². The molecule has 3 heterocycles. The molecule has 3 unspecified atom stereocenters. The molecule has 3 saturated heterocycles. The summed E-state index contributed by atoms with van der Waals surface area (Å²) in [4.78, 5) is 49.0. The Morgan fingerprint density at radius 3 is 2.36 bits per heavy atom. The van der Waals surface area contributed by atoms with Crippen molar-refractivity contribution in [3.63, 3.8) is 0 Å². The molecule has 8 nitrogen and oxygen atoms in total. The number of halogens is 1. The third-order valence-corrected chi connectivity index (χ3v) is 10.1. The van der Waals surface area contributed by atoms with E-state index in [2.05, 4.69) is 13.2 Å². The summed E-state index contributed by atoms with van der Waals surface area (Å²) in [5, 5.41) is 11.3. The van der Waals surface area contributed by atoms with Gasteiger partial charge in [0.25, 0.3) is 5.91 Å². The molecular weight excluding hydrogens is 578 g/mol. The van der Waals surface area contributed by atoms with Gasteiger partial charge in [-0.15, -0.1) is 13.2 Å². The number of aliphatic hydroxyl groups is 1. The molecule has 1 N–H and O–H groups in total. The van der Waals surface area contributed by atoms with Gasteiger partial charge in [0, 0.05) is 30.3 Å². The molecule has 44 heavy (non-hydrogen) atoms. The summed E-state index contributed by atoms with van der Waals surface area (Å²) in [6.07, 6.45) is 4.48. The summed E-state index contributed by atoms with van der Waals surface area (Å²) < 4.78 is 6.96. The fourth-order valence-electron chi connectivity index (χ4n) is 7.83. The number of likely N-dealkylation sites (tertiary alicyclic amines) is 1. The monoisotopic (exact) mass is 619 g/mol. The molecule has 3 amide bonds. The smallest absolute Gasteiger partial charge is 0.253 e. The Hall–Kier alpha value is -3.46. The Kier molecular flexibility index (Phi) is 9.08. The molecule has 0 radical (unpaired) electrons.